The zero-order valence-electron chi connectivity index (χ0n) is 9.55. The van der Waals surface area contributed by atoms with Crippen molar-refractivity contribution >= 4 is 17.6 Å². The van der Waals surface area contributed by atoms with E-state index in [9.17, 15) is 4.79 Å². The van der Waals surface area contributed by atoms with E-state index in [1.807, 2.05) is 19.1 Å². The van der Waals surface area contributed by atoms with Gasteiger partial charge in [0.15, 0.2) is 0 Å². The van der Waals surface area contributed by atoms with Crippen molar-refractivity contribution in [1.29, 1.82) is 0 Å². The number of hydrogen-bond acceptors (Lipinski definition) is 3. The lowest BCUT2D eigenvalue weighted by Gasteiger charge is -2.07. The summed E-state index contributed by atoms with van der Waals surface area (Å²) in [5, 5.41) is 9.05. The van der Waals surface area contributed by atoms with Gasteiger partial charge in [0.05, 0.1) is 10.6 Å². The van der Waals surface area contributed by atoms with Gasteiger partial charge in [-0.1, -0.05) is 17.7 Å². The quantitative estimate of drug-likeness (QED) is 0.920. The zero-order chi connectivity index (χ0) is 13.1. The first kappa shape index (κ1) is 12.4. The van der Waals surface area contributed by atoms with Crippen LogP contribution in [0.25, 0.3) is 0 Å². The Hall–Kier alpha value is -2.07. The maximum absolute atomic E-state index is 10.8. The van der Waals surface area contributed by atoms with Gasteiger partial charge >= 0.3 is 5.97 Å². The van der Waals surface area contributed by atoms with Crippen LogP contribution >= 0.6 is 11.6 Å². The molecule has 1 heterocycles. The number of aromatic nitrogens is 1. The number of rotatable bonds is 3. The summed E-state index contributed by atoms with van der Waals surface area (Å²) >= 11 is 5.95. The largest absolute Gasteiger partial charge is 0.478 e. The Morgan fingerprint density at radius 2 is 2.11 bits per heavy atom. The molecule has 0 amide bonds. The number of aromatic carboxylic acids is 1. The number of hydrogen-bond donors (Lipinski definition) is 1. The molecule has 0 bridgehead atoms. The summed E-state index contributed by atoms with van der Waals surface area (Å²) in [6.07, 6.45) is 0. The Morgan fingerprint density at radius 3 is 2.72 bits per heavy atom. The predicted molar refractivity (Wildman–Crippen MR) is 67.5 cm³/mol. The highest BCUT2D eigenvalue weighted by Gasteiger charge is 2.09. The number of benzene rings is 1. The summed E-state index contributed by atoms with van der Waals surface area (Å²) < 4.78 is 5.49. The van der Waals surface area contributed by atoms with Crippen LogP contribution in [0.5, 0.6) is 11.6 Å². The molecule has 0 fully saturated rings. The van der Waals surface area contributed by atoms with Gasteiger partial charge in [-0.2, -0.15) is 0 Å². The summed E-state index contributed by atoms with van der Waals surface area (Å²) in [6.45, 7) is 1.85. The smallest absolute Gasteiger partial charge is 0.335 e. The summed E-state index contributed by atoms with van der Waals surface area (Å²) in [4.78, 5) is 14.9. The third-order valence-corrected chi connectivity index (χ3v) is 2.55. The van der Waals surface area contributed by atoms with Crippen molar-refractivity contribution in [2.45, 2.75) is 6.92 Å². The van der Waals surface area contributed by atoms with Gasteiger partial charge < -0.3 is 9.84 Å². The van der Waals surface area contributed by atoms with Gasteiger partial charge in [0.1, 0.15) is 5.75 Å². The second kappa shape index (κ2) is 5.06. The first-order chi connectivity index (χ1) is 8.56. The maximum Gasteiger partial charge on any atom is 0.335 e. The van der Waals surface area contributed by atoms with E-state index in [1.54, 1.807) is 6.07 Å². The average Bonchev–Trinajstić information content (AvgIpc) is 2.31. The predicted octanol–water partition coefficient (Wildman–Crippen LogP) is 3.53. The number of aryl methyl sites for hydroxylation is 1. The van der Waals surface area contributed by atoms with Crippen molar-refractivity contribution in [3.05, 3.63) is 52.7 Å². The summed E-state index contributed by atoms with van der Waals surface area (Å²) in [5.41, 5.74) is 0.940. The van der Waals surface area contributed by atoms with Crippen LogP contribution in [0.4, 0.5) is 0 Å². The standard InChI is InChI=1S/C13H10ClNO3/c1-8-3-2-4-12(15-8)18-11-6-5-9(13(16)17)7-10(11)14/h2-7H,1H3,(H,16,17). The minimum Gasteiger partial charge on any atom is -0.478 e. The molecule has 1 aromatic heterocycles. The monoisotopic (exact) mass is 263 g/mol. The Balaban J connectivity index is 2.27. The molecule has 0 unspecified atom stereocenters. The van der Waals surface area contributed by atoms with Gasteiger partial charge in [0.2, 0.25) is 5.88 Å². The molecular formula is C13H10ClNO3. The van der Waals surface area contributed by atoms with E-state index < -0.39 is 5.97 Å². The number of pyridine rings is 1. The van der Waals surface area contributed by atoms with Crippen LogP contribution in [0, 0.1) is 6.92 Å². The summed E-state index contributed by atoms with van der Waals surface area (Å²) in [5.74, 6) is -0.239. The lowest BCUT2D eigenvalue weighted by molar-refractivity contribution is 0.0697. The molecule has 0 aliphatic rings. The zero-order valence-corrected chi connectivity index (χ0v) is 10.3. The van der Waals surface area contributed by atoms with E-state index in [1.165, 1.54) is 18.2 Å². The summed E-state index contributed by atoms with van der Waals surface area (Å²) in [6, 6.07) is 9.65. The minimum atomic E-state index is -1.03. The van der Waals surface area contributed by atoms with Crippen molar-refractivity contribution in [3.63, 3.8) is 0 Å². The first-order valence-electron chi connectivity index (χ1n) is 5.20. The SMILES string of the molecule is Cc1cccc(Oc2ccc(C(=O)O)cc2Cl)n1. The van der Waals surface area contributed by atoms with Gasteiger partial charge in [-0.25, -0.2) is 9.78 Å². The normalized spacial score (nSPS) is 10.1. The van der Waals surface area contributed by atoms with E-state index in [0.29, 0.717) is 11.6 Å². The molecule has 2 aromatic rings. The van der Waals surface area contributed by atoms with Crippen molar-refractivity contribution in [2.24, 2.45) is 0 Å². The van der Waals surface area contributed by atoms with Crippen molar-refractivity contribution in [1.82, 2.24) is 4.98 Å². The van der Waals surface area contributed by atoms with Gasteiger partial charge in [-0.3, -0.25) is 0 Å². The Labute approximate surface area is 109 Å². The molecule has 0 aliphatic heterocycles. The number of carbonyl (C=O) groups is 1. The van der Waals surface area contributed by atoms with E-state index >= 15 is 0 Å². The topological polar surface area (TPSA) is 59.4 Å². The molecule has 92 valence electrons. The fraction of sp³-hybridized carbons (Fsp3) is 0.0769. The third kappa shape index (κ3) is 2.78. The van der Waals surface area contributed by atoms with Crippen LogP contribution in [-0.2, 0) is 0 Å². The number of ether oxygens (including phenoxy) is 1. The van der Waals surface area contributed by atoms with Crippen LogP contribution in [0.1, 0.15) is 16.1 Å². The molecule has 1 aromatic carbocycles. The number of nitrogens with zero attached hydrogens (tertiary/aromatic N) is 1. The van der Waals surface area contributed by atoms with Crippen LogP contribution < -0.4 is 4.74 Å². The van der Waals surface area contributed by atoms with Crippen LogP contribution in [0.15, 0.2) is 36.4 Å². The van der Waals surface area contributed by atoms with Crippen molar-refractivity contribution in [2.75, 3.05) is 0 Å². The lowest BCUT2D eigenvalue weighted by Crippen LogP contribution is -1.96. The molecule has 4 nitrogen and oxygen atoms in total. The molecule has 2 rings (SSSR count). The van der Waals surface area contributed by atoms with Crippen molar-refractivity contribution in [3.8, 4) is 11.6 Å². The molecule has 1 N–H and O–H groups in total. The summed E-state index contributed by atoms with van der Waals surface area (Å²) in [7, 11) is 0. The highest BCUT2D eigenvalue weighted by atomic mass is 35.5. The molecule has 0 saturated carbocycles. The third-order valence-electron chi connectivity index (χ3n) is 2.26. The minimum absolute atomic E-state index is 0.115. The second-order valence-electron chi connectivity index (χ2n) is 3.67. The molecule has 0 atom stereocenters. The highest BCUT2D eigenvalue weighted by molar-refractivity contribution is 6.32. The molecule has 0 aliphatic carbocycles. The molecule has 5 heteroatoms. The van der Waals surface area contributed by atoms with Crippen molar-refractivity contribution < 1.29 is 14.6 Å². The van der Waals surface area contributed by atoms with Crippen LogP contribution in [0.3, 0.4) is 0 Å². The van der Waals surface area contributed by atoms with E-state index in [2.05, 4.69) is 4.98 Å². The van der Waals surface area contributed by atoms with Crippen LogP contribution in [-0.4, -0.2) is 16.1 Å². The Bertz CT molecular complexity index is 599. The molecule has 0 spiro atoms. The fourth-order valence-corrected chi connectivity index (χ4v) is 1.62. The fourth-order valence-electron chi connectivity index (χ4n) is 1.40. The molecular weight excluding hydrogens is 254 g/mol. The number of carboxylic acids is 1. The highest BCUT2D eigenvalue weighted by Crippen LogP contribution is 2.29. The first-order valence-corrected chi connectivity index (χ1v) is 5.58. The van der Waals surface area contributed by atoms with Gasteiger partial charge in [-0.05, 0) is 31.2 Å². The van der Waals surface area contributed by atoms with Gasteiger partial charge in [0, 0.05) is 11.8 Å². The molecule has 18 heavy (non-hydrogen) atoms. The second-order valence-corrected chi connectivity index (χ2v) is 4.08. The van der Waals surface area contributed by atoms with E-state index in [4.69, 9.17) is 21.4 Å². The molecule has 0 saturated heterocycles. The molecule has 0 radical (unpaired) electrons. The maximum atomic E-state index is 10.8. The Morgan fingerprint density at radius 1 is 1.33 bits per heavy atom. The van der Waals surface area contributed by atoms with E-state index in [0.717, 1.165) is 5.69 Å². The number of halogens is 1. The Kier molecular flexibility index (Phi) is 3.48. The van der Waals surface area contributed by atoms with Gasteiger partial charge in [-0.15, -0.1) is 0 Å². The lowest BCUT2D eigenvalue weighted by atomic mass is 10.2. The van der Waals surface area contributed by atoms with E-state index in [-0.39, 0.29) is 10.6 Å². The van der Waals surface area contributed by atoms with Crippen LogP contribution in [0.2, 0.25) is 5.02 Å². The average molecular weight is 264 g/mol. The van der Waals surface area contributed by atoms with Gasteiger partial charge in [0.25, 0.3) is 0 Å². The number of carboxylic acid groups (broad SMARTS) is 1.